The quantitative estimate of drug-likeness (QED) is 0.505. The molecule has 0 radical (unpaired) electrons. The molecule has 0 unspecified atom stereocenters. The van der Waals surface area contributed by atoms with E-state index < -0.39 is 15.0 Å². The number of rotatable bonds is 3. The van der Waals surface area contributed by atoms with Gasteiger partial charge in [0.05, 0.1) is 9.82 Å². The van der Waals surface area contributed by atoms with Crippen molar-refractivity contribution in [1.82, 2.24) is 0 Å². The van der Waals surface area contributed by atoms with Gasteiger partial charge in [-0.3, -0.25) is 14.7 Å². The van der Waals surface area contributed by atoms with Gasteiger partial charge in [0.25, 0.3) is 15.8 Å². The van der Waals surface area contributed by atoms with Crippen molar-refractivity contribution in [3.63, 3.8) is 0 Å². The van der Waals surface area contributed by atoms with E-state index in [1.54, 1.807) is 0 Å². The molecule has 1 aromatic carbocycles. The number of nitrogens with zero attached hydrogens (tertiary/aromatic N) is 1. The minimum absolute atomic E-state index is 0.0783. The molecule has 0 aromatic heterocycles. The Morgan fingerprint density at radius 2 is 1.74 bits per heavy atom. The topological polar surface area (TPSA) is 97.5 Å². The normalized spacial score (nSPS) is 22.8. The van der Waals surface area contributed by atoms with Crippen LogP contribution in [0, 0.1) is 21.4 Å². The fourth-order valence-electron chi connectivity index (χ4n) is 3.47. The molecular formula is C16H23NO5S. The summed E-state index contributed by atoms with van der Waals surface area (Å²) in [4.78, 5) is 10.2. The first-order valence-corrected chi connectivity index (χ1v) is 9.20. The lowest BCUT2D eigenvalue weighted by Gasteiger charge is -2.37. The van der Waals surface area contributed by atoms with Gasteiger partial charge < -0.3 is 0 Å². The van der Waals surface area contributed by atoms with Gasteiger partial charge in [-0.25, -0.2) is 0 Å². The molecule has 0 heterocycles. The smallest absolute Gasteiger partial charge is 0.282 e. The largest absolute Gasteiger partial charge is 0.294 e. The van der Waals surface area contributed by atoms with Crippen LogP contribution in [-0.4, -0.2) is 17.9 Å². The molecule has 6 nitrogen and oxygen atoms in total. The summed E-state index contributed by atoms with van der Waals surface area (Å²) in [6.45, 7) is 6.57. The first-order valence-electron chi connectivity index (χ1n) is 7.76. The maximum Gasteiger partial charge on any atom is 0.294 e. The molecule has 0 saturated heterocycles. The van der Waals surface area contributed by atoms with Crippen molar-refractivity contribution in [3.05, 3.63) is 33.9 Å². The van der Waals surface area contributed by atoms with E-state index in [-0.39, 0.29) is 21.9 Å². The van der Waals surface area contributed by atoms with E-state index in [0.717, 1.165) is 37.8 Å². The summed E-state index contributed by atoms with van der Waals surface area (Å²) < 4.78 is 32.6. The number of non-ortho nitro benzene ring substituents is 1. The third kappa shape index (κ3) is 4.09. The summed E-state index contributed by atoms with van der Waals surface area (Å²) in [7, 11) is -4.39. The average Bonchev–Trinajstić information content (AvgIpc) is 2.45. The zero-order valence-corrected chi connectivity index (χ0v) is 14.5. The molecule has 1 fully saturated rings. The van der Waals surface area contributed by atoms with Crippen molar-refractivity contribution in [3.8, 4) is 0 Å². The SMILES string of the molecule is CC(C)(C)C1CCC(c2cc([N+](=O)[O-])ccc2S(=O)(=O)O)CC1. The lowest BCUT2D eigenvalue weighted by molar-refractivity contribution is -0.385. The van der Waals surface area contributed by atoms with Gasteiger partial charge in [0.1, 0.15) is 0 Å². The third-order valence-electron chi connectivity index (χ3n) is 4.87. The minimum atomic E-state index is -4.39. The highest BCUT2D eigenvalue weighted by Crippen LogP contribution is 2.44. The van der Waals surface area contributed by atoms with Crippen LogP contribution in [-0.2, 0) is 10.1 Å². The van der Waals surface area contributed by atoms with Gasteiger partial charge >= 0.3 is 0 Å². The average molecular weight is 341 g/mol. The Hall–Kier alpha value is -1.47. The van der Waals surface area contributed by atoms with Crippen LogP contribution in [0.15, 0.2) is 23.1 Å². The molecule has 1 N–H and O–H groups in total. The van der Waals surface area contributed by atoms with Gasteiger partial charge in [0, 0.05) is 12.1 Å². The van der Waals surface area contributed by atoms with E-state index >= 15 is 0 Å². The fraction of sp³-hybridized carbons (Fsp3) is 0.625. The highest BCUT2D eigenvalue weighted by molar-refractivity contribution is 7.85. The monoisotopic (exact) mass is 341 g/mol. The van der Waals surface area contributed by atoms with Crippen molar-refractivity contribution in [2.45, 2.75) is 57.3 Å². The number of hydrogen-bond acceptors (Lipinski definition) is 4. The van der Waals surface area contributed by atoms with Crippen LogP contribution < -0.4 is 0 Å². The summed E-state index contributed by atoms with van der Waals surface area (Å²) >= 11 is 0. The van der Waals surface area contributed by atoms with Gasteiger partial charge in [-0.05, 0) is 54.6 Å². The van der Waals surface area contributed by atoms with Crippen LogP contribution in [0.5, 0.6) is 0 Å². The predicted octanol–water partition coefficient (Wildman–Crippen LogP) is 4.16. The summed E-state index contributed by atoms with van der Waals surface area (Å²) in [6, 6.07) is 3.55. The van der Waals surface area contributed by atoms with Gasteiger partial charge in [-0.15, -0.1) is 0 Å². The van der Waals surface area contributed by atoms with E-state index in [9.17, 15) is 23.1 Å². The first-order chi connectivity index (χ1) is 10.5. The molecular weight excluding hydrogens is 318 g/mol. The molecule has 1 aromatic rings. The van der Waals surface area contributed by atoms with Gasteiger partial charge in [-0.1, -0.05) is 20.8 Å². The Morgan fingerprint density at radius 3 is 2.17 bits per heavy atom. The molecule has 128 valence electrons. The third-order valence-corrected chi connectivity index (χ3v) is 5.80. The fourth-order valence-corrected chi connectivity index (χ4v) is 4.24. The Kier molecular flexibility index (Phi) is 4.82. The summed E-state index contributed by atoms with van der Waals surface area (Å²) in [6.07, 6.45) is 3.43. The standard InChI is InChI=1S/C16H23NO5S/c1-16(2,3)12-6-4-11(5-7-12)14-10-13(17(18)19)8-9-15(14)23(20,21)22/h8-12H,4-7H2,1-3H3,(H,20,21,22). The molecule has 23 heavy (non-hydrogen) atoms. The Labute approximate surface area is 136 Å². The highest BCUT2D eigenvalue weighted by Gasteiger charge is 2.33. The van der Waals surface area contributed by atoms with E-state index in [1.807, 2.05) is 0 Å². The van der Waals surface area contributed by atoms with E-state index in [0.29, 0.717) is 11.5 Å². The Balaban J connectivity index is 2.35. The van der Waals surface area contributed by atoms with Gasteiger partial charge in [0.2, 0.25) is 0 Å². The zero-order valence-electron chi connectivity index (χ0n) is 13.7. The van der Waals surface area contributed by atoms with Crippen LogP contribution in [0.2, 0.25) is 0 Å². The second-order valence-corrected chi connectivity index (χ2v) is 8.76. The number of nitro groups is 1. The van der Waals surface area contributed by atoms with Crippen LogP contribution in [0.3, 0.4) is 0 Å². The molecule has 0 spiro atoms. The van der Waals surface area contributed by atoms with Crippen molar-refractivity contribution in [1.29, 1.82) is 0 Å². The van der Waals surface area contributed by atoms with Crippen LogP contribution in [0.4, 0.5) is 5.69 Å². The van der Waals surface area contributed by atoms with Crippen molar-refractivity contribution in [2.75, 3.05) is 0 Å². The van der Waals surface area contributed by atoms with Crippen molar-refractivity contribution in [2.24, 2.45) is 11.3 Å². The van der Waals surface area contributed by atoms with Crippen LogP contribution in [0.25, 0.3) is 0 Å². The highest BCUT2D eigenvalue weighted by atomic mass is 32.2. The molecule has 0 aliphatic heterocycles. The molecule has 1 aliphatic carbocycles. The van der Waals surface area contributed by atoms with Crippen LogP contribution >= 0.6 is 0 Å². The maximum absolute atomic E-state index is 11.6. The summed E-state index contributed by atoms with van der Waals surface area (Å²) in [5.41, 5.74) is 0.416. The Morgan fingerprint density at radius 1 is 1.17 bits per heavy atom. The van der Waals surface area contributed by atoms with Gasteiger partial charge in [0.15, 0.2) is 0 Å². The summed E-state index contributed by atoms with van der Waals surface area (Å²) in [5, 5.41) is 11.0. The second kappa shape index (κ2) is 6.20. The number of hydrogen-bond donors (Lipinski definition) is 1. The number of nitro benzene ring substituents is 1. The van der Waals surface area contributed by atoms with Crippen molar-refractivity contribution >= 4 is 15.8 Å². The lowest BCUT2D eigenvalue weighted by Crippen LogP contribution is -2.25. The van der Waals surface area contributed by atoms with Gasteiger partial charge in [-0.2, -0.15) is 8.42 Å². The van der Waals surface area contributed by atoms with E-state index in [4.69, 9.17) is 0 Å². The van der Waals surface area contributed by atoms with Crippen molar-refractivity contribution < 1.29 is 17.9 Å². The maximum atomic E-state index is 11.6. The second-order valence-electron chi connectivity index (χ2n) is 7.37. The molecule has 0 bridgehead atoms. The first kappa shape index (κ1) is 17.9. The minimum Gasteiger partial charge on any atom is -0.282 e. The molecule has 7 heteroatoms. The molecule has 0 amide bonds. The summed E-state index contributed by atoms with van der Waals surface area (Å²) in [5.74, 6) is 0.469. The Bertz CT molecular complexity index is 698. The zero-order chi connectivity index (χ0) is 17.4. The predicted molar refractivity (Wildman–Crippen MR) is 87.1 cm³/mol. The van der Waals surface area contributed by atoms with E-state index in [2.05, 4.69) is 20.8 Å². The number of benzene rings is 1. The van der Waals surface area contributed by atoms with Crippen LogP contribution in [0.1, 0.15) is 57.9 Å². The lowest BCUT2D eigenvalue weighted by atomic mass is 9.68. The molecule has 0 atom stereocenters. The molecule has 2 rings (SSSR count). The van der Waals surface area contributed by atoms with E-state index in [1.165, 1.54) is 6.07 Å². The molecule has 1 aliphatic rings. The molecule has 1 saturated carbocycles.